The van der Waals surface area contributed by atoms with Gasteiger partial charge in [0.2, 0.25) is 0 Å². The summed E-state index contributed by atoms with van der Waals surface area (Å²) in [4.78, 5) is 2.46. The molecule has 0 radical (unpaired) electrons. The van der Waals surface area contributed by atoms with Crippen LogP contribution in [0.3, 0.4) is 0 Å². The summed E-state index contributed by atoms with van der Waals surface area (Å²) in [5, 5.41) is 0. The van der Waals surface area contributed by atoms with Gasteiger partial charge >= 0.3 is 0 Å². The monoisotopic (exact) mass is 156 g/mol. The molecule has 2 heterocycles. The molecule has 2 aliphatic heterocycles. The Hall–Kier alpha value is -0.120. The Morgan fingerprint density at radius 1 is 1.45 bits per heavy atom. The van der Waals surface area contributed by atoms with Crippen molar-refractivity contribution in [2.75, 3.05) is 19.7 Å². The Bertz CT molecular complexity index is 151. The molecule has 0 saturated carbocycles. The van der Waals surface area contributed by atoms with E-state index < -0.39 is 0 Å². The van der Waals surface area contributed by atoms with Crippen molar-refractivity contribution in [3.63, 3.8) is 0 Å². The van der Waals surface area contributed by atoms with Gasteiger partial charge in [0, 0.05) is 25.2 Å². The van der Waals surface area contributed by atoms with Crippen LogP contribution in [0.15, 0.2) is 0 Å². The van der Waals surface area contributed by atoms with Crippen LogP contribution in [0, 0.1) is 0 Å². The molecule has 0 spiro atoms. The van der Waals surface area contributed by atoms with Crippen LogP contribution in [-0.2, 0) is 4.74 Å². The molecule has 2 N–H and O–H groups in total. The SMILES string of the molecule is C[C@H]1CN2C[C@@H](N)C[C@H]2CO1. The van der Waals surface area contributed by atoms with Gasteiger partial charge in [0.25, 0.3) is 0 Å². The van der Waals surface area contributed by atoms with Crippen molar-refractivity contribution in [1.82, 2.24) is 4.90 Å². The number of rotatable bonds is 0. The van der Waals surface area contributed by atoms with Crippen LogP contribution < -0.4 is 5.73 Å². The lowest BCUT2D eigenvalue weighted by Crippen LogP contribution is -2.45. The highest BCUT2D eigenvalue weighted by Crippen LogP contribution is 2.21. The van der Waals surface area contributed by atoms with E-state index in [9.17, 15) is 0 Å². The fraction of sp³-hybridized carbons (Fsp3) is 1.00. The molecule has 3 atom stereocenters. The van der Waals surface area contributed by atoms with Gasteiger partial charge in [0.1, 0.15) is 0 Å². The summed E-state index contributed by atoms with van der Waals surface area (Å²) < 4.78 is 5.54. The Morgan fingerprint density at radius 3 is 3.09 bits per heavy atom. The fourth-order valence-electron chi connectivity index (χ4n) is 2.08. The highest BCUT2D eigenvalue weighted by molar-refractivity contribution is 4.90. The van der Waals surface area contributed by atoms with Gasteiger partial charge in [-0.1, -0.05) is 0 Å². The van der Waals surface area contributed by atoms with Crippen molar-refractivity contribution < 1.29 is 4.74 Å². The molecule has 0 aromatic heterocycles. The van der Waals surface area contributed by atoms with E-state index >= 15 is 0 Å². The van der Waals surface area contributed by atoms with Crippen molar-refractivity contribution in [3.8, 4) is 0 Å². The lowest BCUT2D eigenvalue weighted by molar-refractivity contribution is -0.0390. The minimum atomic E-state index is 0.383. The van der Waals surface area contributed by atoms with Crippen molar-refractivity contribution in [2.24, 2.45) is 5.73 Å². The number of hydrogen-bond donors (Lipinski definition) is 1. The first-order chi connectivity index (χ1) is 5.25. The van der Waals surface area contributed by atoms with Gasteiger partial charge in [-0.2, -0.15) is 0 Å². The number of nitrogens with two attached hydrogens (primary N) is 1. The highest BCUT2D eigenvalue weighted by atomic mass is 16.5. The van der Waals surface area contributed by atoms with Crippen molar-refractivity contribution >= 4 is 0 Å². The third-order valence-electron chi connectivity index (χ3n) is 2.62. The molecule has 2 rings (SSSR count). The summed E-state index contributed by atoms with van der Waals surface area (Å²) in [5.74, 6) is 0. The van der Waals surface area contributed by atoms with Gasteiger partial charge in [-0.25, -0.2) is 0 Å². The molecule has 3 nitrogen and oxygen atoms in total. The predicted molar refractivity (Wildman–Crippen MR) is 43.4 cm³/mol. The highest BCUT2D eigenvalue weighted by Gasteiger charge is 2.34. The number of morpholine rings is 1. The summed E-state index contributed by atoms with van der Waals surface area (Å²) in [5.41, 5.74) is 5.84. The maximum Gasteiger partial charge on any atom is 0.0674 e. The largest absolute Gasteiger partial charge is 0.376 e. The van der Waals surface area contributed by atoms with Crippen molar-refractivity contribution in [1.29, 1.82) is 0 Å². The lowest BCUT2D eigenvalue weighted by atomic mass is 10.2. The summed E-state index contributed by atoms with van der Waals surface area (Å²) in [6.45, 7) is 5.14. The van der Waals surface area contributed by atoms with Gasteiger partial charge in [0.15, 0.2) is 0 Å². The Labute approximate surface area is 67.5 Å². The van der Waals surface area contributed by atoms with Gasteiger partial charge < -0.3 is 10.5 Å². The topological polar surface area (TPSA) is 38.5 Å². The Kier molecular flexibility index (Phi) is 1.87. The molecule has 0 aliphatic carbocycles. The van der Waals surface area contributed by atoms with E-state index in [1.54, 1.807) is 0 Å². The molecule has 0 aromatic rings. The first kappa shape index (κ1) is 7.53. The third kappa shape index (κ3) is 1.41. The minimum Gasteiger partial charge on any atom is -0.376 e. The molecular formula is C8H16N2O. The normalized spacial score (nSPS) is 45.8. The lowest BCUT2D eigenvalue weighted by Gasteiger charge is -2.33. The number of hydrogen-bond acceptors (Lipinski definition) is 3. The molecule has 2 fully saturated rings. The summed E-state index contributed by atoms with van der Waals surface area (Å²) in [6.07, 6.45) is 1.52. The van der Waals surface area contributed by atoms with Crippen LogP contribution in [0.1, 0.15) is 13.3 Å². The van der Waals surface area contributed by atoms with Crippen LogP contribution in [0.5, 0.6) is 0 Å². The maximum atomic E-state index is 5.84. The smallest absolute Gasteiger partial charge is 0.0674 e. The average molecular weight is 156 g/mol. The maximum absolute atomic E-state index is 5.84. The predicted octanol–water partition coefficient (Wildman–Crippen LogP) is -0.193. The minimum absolute atomic E-state index is 0.383. The van der Waals surface area contributed by atoms with Gasteiger partial charge in [-0.05, 0) is 13.3 Å². The van der Waals surface area contributed by atoms with Gasteiger partial charge in [-0.3, -0.25) is 4.90 Å². The van der Waals surface area contributed by atoms with Gasteiger partial charge in [-0.15, -0.1) is 0 Å². The quantitative estimate of drug-likeness (QED) is 0.528. The van der Waals surface area contributed by atoms with E-state index in [-0.39, 0.29) is 0 Å². The second-order valence-corrected chi connectivity index (χ2v) is 3.75. The van der Waals surface area contributed by atoms with E-state index in [1.165, 1.54) is 0 Å². The molecule has 0 amide bonds. The Morgan fingerprint density at radius 2 is 2.27 bits per heavy atom. The second kappa shape index (κ2) is 2.73. The molecule has 2 saturated heterocycles. The van der Waals surface area contributed by atoms with Gasteiger partial charge in [0.05, 0.1) is 12.7 Å². The van der Waals surface area contributed by atoms with E-state index in [0.717, 1.165) is 26.1 Å². The molecule has 0 unspecified atom stereocenters. The van der Waals surface area contributed by atoms with E-state index in [4.69, 9.17) is 10.5 Å². The fourth-order valence-corrected chi connectivity index (χ4v) is 2.08. The number of nitrogens with zero attached hydrogens (tertiary/aromatic N) is 1. The zero-order valence-corrected chi connectivity index (χ0v) is 6.99. The molecule has 0 aromatic carbocycles. The van der Waals surface area contributed by atoms with Crippen LogP contribution in [0.2, 0.25) is 0 Å². The standard InChI is InChI=1S/C8H16N2O/c1-6-3-10-4-7(9)2-8(10)5-11-6/h6-8H,2-5,9H2,1H3/t6-,7-,8-/m0/s1. The Balaban J connectivity index is 1.97. The number of fused-ring (bicyclic) bond motifs is 1. The molecule has 3 heteroatoms. The zero-order valence-electron chi connectivity index (χ0n) is 6.99. The first-order valence-corrected chi connectivity index (χ1v) is 4.37. The van der Waals surface area contributed by atoms with Crippen LogP contribution in [-0.4, -0.2) is 42.8 Å². The molecule has 11 heavy (non-hydrogen) atoms. The second-order valence-electron chi connectivity index (χ2n) is 3.75. The van der Waals surface area contributed by atoms with E-state index in [2.05, 4.69) is 11.8 Å². The van der Waals surface area contributed by atoms with Crippen LogP contribution in [0.25, 0.3) is 0 Å². The number of ether oxygens (including phenoxy) is 1. The van der Waals surface area contributed by atoms with Crippen LogP contribution in [0.4, 0.5) is 0 Å². The molecule has 2 aliphatic rings. The van der Waals surface area contributed by atoms with Crippen molar-refractivity contribution in [3.05, 3.63) is 0 Å². The summed E-state index contributed by atoms with van der Waals surface area (Å²) in [6, 6.07) is 0.995. The molecule has 64 valence electrons. The average Bonchev–Trinajstić information content (AvgIpc) is 2.27. The molecule has 0 bridgehead atoms. The van der Waals surface area contributed by atoms with E-state index in [0.29, 0.717) is 18.2 Å². The third-order valence-corrected chi connectivity index (χ3v) is 2.62. The summed E-state index contributed by atoms with van der Waals surface area (Å²) in [7, 11) is 0. The molecular weight excluding hydrogens is 140 g/mol. The zero-order chi connectivity index (χ0) is 7.84. The summed E-state index contributed by atoms with van der Waals surface area (Å²) >= 11 is 0. The van der Waals surface area contributed by atoms with Crippen molar-refractivity contribution in [2.45, 2.75) is 31.5 Å². The first-order valence-electron chi connectivity index (χ1n) is 4.37. The van der Waals surface area contributed by atoms with Crippen LogP contribution >= 0.6 is 0 Å². The van der Waals surface area contributed by atoms with E-state index in [1.807, 2.05) is 0 Å².